The van der Waals surface area contributed by atoms with E-state index in [1.165, 1.54) is 0 Å². The average Bonchev–Trinajstić information content (AvgIpc) is 3.09. The molecule has 3 rings (SSSR count). The van der Waals surface area contributed by atoms with Gasteiger partial charge in [0.05, 0.1) is 13.0 Å². The standard InChI is InChI=1S/C19H25N3O3/c1-13(2)11-17-20-18(25-21-17)15-5-4-10-22(12-15)19(23)14-6-8-16(24-3)9-7-14/h6-9,13,15H,4-5,10-12H2,1-3H3. The second-order valence-electron chi connectivity index (χ2n) is 6.97. The van der Waals surface area contributed by atoms with Gasteiger partial charge in [-0.1, -0.05) is 19.0 Å². The molecule has 1 amide bonds. The molecule has 0 spiro atoms. The van der Waals surface area contributed by atoms with Gasteiger partial charge in [0.2, 0.25) is 5.89 Å². The van der Waals surface area contributed by atoms with Crippen LogP contribution < -0.4 is 4.74 Å². The zero-order valence-electron chi connectivity index (χ0n) is 15.1. The van der Waals surface area contributed by atoms with E-state index in [0.29, 0.717) is 23.9 Å². The summed E-state index contributed by atoms with van der Waals surface area (Å²) >= 11 is 0. The molecular weight excluding hydrogens is 318 g/mol. The number of amides is 1. The lowest BCUT2D eigenvalue weighted by Gasteiger charge is -2.31. The lowest BCUT2D eigenvalue weighted by molar-refractivity contribution is 0.0695. The number of hydrogen-bond donors (Lipinski definition) is 0. The van der Waals surface area contributed by atoms with Crippen molar-refractivity contribution in [2.45, 2.75) is 39.0 Å². The van der Waals surface area contributed by atoms with E-state index in [2.05, 4.69) is 24.0 Å². The number of benzene rings is 1. The Balaban J connectivity index is 1.67. The number of likely N-dealkylation sites (tertiary alicyclic amines) is 1. The summed E-state index contributed by atoms with van der Waals surface area (Å²) in [4.78, 5) is 19.2. The van der Waals surface area contributed by atoms with Gasteiger partial charge in [-0.15, -0.1) is 0 Å². The van der Waals surface area contributed by atoms with Gasteiger partial charge >= 0.3 is 0 Å². The predicted molar refractivity (Wildman–Crippen MR) is 93.7 cm³/mol. The first-order valence-electron chi connectivity index (χ1n) is 8.82. The number of ether oxygens (including phenoxy) is 1. The number of carbonyl (C=O) groups is 1. The minimum absolute atomic E-state index is 0.0364. The fourth-order valence-corrected chi connectivity index (χ4v) is 3.16. The summed E-state index contributed by atoms with van der Waals surface area (Å²) in [6.45, 7) is 5.64. The van der Waals surface area contributed by atoms with Crippen LogP contribution in [0.5, 0.6) is 5.75 Å². The third-order valence-corrected chi connectivity index (χ3v) is 4.47. The van der Waals surface area contributed by atoms with E-state index in [1.807, 2.05) is 17.0 Å². The van der Waals surface area contributed by atoms with Crippen LogP contribution in [0, 0.1) is 5.92 Å². The van der Waals surface area contributed by atoms with Crippen LogP contribution in [0.15, 0.2) is 28.8 Å². The number of piperidine rings is 1. The Hall–Kier alpha value is -2.37. The topological polar surface area (TPSA) is 68.5 Å². The van der Waals surface area contributed by atoms with Gasteiger partial charge in [0.15, 0.2) is 5.82 Å². The van der Waals surface area contributed by atoms with E-state index in [0.717, 1.165) is 37.4 Å². The lowest BCUT2D eigenvalue weighted by Crippen LogP contribution is -2.39. The molecule has 1 fully saturated rings. The minimum Gasteiger partial charge on any atom is -0.497 e. The smallest absolute Gasteiger partial charge is 0.253 e. The average molecular weight is 343 g/mol. The predicted octanol–water partition coefficient (Wildman–Crippen LogP) is 3.30. The van der Waals surface area contributed by atoms with Gasteiger partial charge in [-0.25, -0.2) is 0 Å². The summed E-state index contributed by atoms with van der Waals surface area (Å²) in [5.74, 6) is 2.80. The minimum atomic E-state index is 0.0364. The Kier molecular flexibility index (Phi) is 5.36. The fraction of sp³-hybridized carbons (Fsp3) is 0.526. The molecule has 1 aliphatic heterocycles. The molecule has 1 saturated heterocycles. The normalized spacial score (nSPS) is 17.8. The van der Waals surface area contributed by atoms with Crippen LogP contribution in [-0.4, -0.2) is 41.1 Å². The molecule has 1 atom stereocenters. The first-order valence-corrected chi connectivity index (χ1v) is 8.82. The first kappa shape index (κ1) is 17.5. The largest absolute Gasteiger partial charge is 0.497 e. The van der Waals surface area contributed by atoms with E-state index in [-0.39, 0.29) is 11.8 Å². The Labute approximate surface area is 148 Å². The number of rotatable bonds is 5. The van der Waals surface area contributed by atoms with Crippen molar-refractivity contribution < 1.29 is 14.1 Å². The number of carbonyl (C=O) groups excluding carboxylic acids is 1. The maximum absolute atomic E-state index is 12.7. The van der Waals surface area contributed by atoms with Crippen molar-refractivity contribution >= 4 is 5.91 Å². The van der Waals surface area contributed by atoms with Crippen molar-refractivity contribution in [2.75, 3.05) is 20.2 Å². The SMILES string of the molecule is COc1ccc(C(=O)N2CCCC(c3nc(CC(C)C)no3)C2)cc1. The van der Waals surface area contributed by atoms with E-state index in [9.17, 15) is 4.79 Å². The van der Waals surface area contributed by atoms with Crippen molar-refractivity contribution in [3.05, 3.63) is 41.5 Å². The van der Waals surface area contributed by atoms with Gasteiger partial charge in [0.25, 0.3) is 5.91 Å². The third kappa shape index (κ3) is 4.18. The molecule has 0 bridgehead atoms. The summed E-state index contributed by atoms with van der Waals surface area (Å²) in [6, 6.07) is 7.23. The van der Waals surface area contributed by atoms with Gasteiger partial charge in [-0.3, -0.25) is 4.79 Å². The number of aromatic nitrogens is 2. The summed E-state index contributed by atoms with van der Waals surface area (Å²) in [6.07, 6.45) is 2.72. The molecule has 0 aliphatic carbocycles. The second kappa shape index (κ2) is 7.68. The zero-order valence-corrected chi connectivity index (χ0v) is 15.1. The van der Waals surface area contributed by atoms with Crippen molar-refractivity contribution in [1.82, 2.24) is 15.0 Å². The van der Waals surface area contributed by atoms with Gasteiger partial charge < -0.3 is 14.2 Å². The van der Waals surface area contributed by atoms with Crippen molar-refractivity contribution in [3.63, 3.8) is 0 Å². The van der Waals surface area contributed by atoms with Crippen LogP contribution in [0.2, 0.25) is 0 Å². The second-order valence-corrected chi connectivity index (χ2v) is 6.97. The van der Waals surface area contributed by atoms with E-state index >= 15 is 0 Å². The number of hydrogen-bond acceptors (Lipinski definition) is 5. The molecule has 2 aromatic rings. The molecule has 1 aromatic carbocycles. The van der Waals surface area contributed by atoms with Gasteiger partial charge in [-0.2, -0.15) is 4.98 Å². The highest BCUT2D eigenvalue weighted by Gasteiger charge is 2.29. The molecule has 2 heterocycles. The quantitative estimate of drug-likeness (QED) is 0.833. The molecule has 134 valence electrons. The monoisotopic (exact) mass is 343 g/mol. The maximum Gasteiger partial charge on any atom is 0.253 e. The van der Waals surface area contributed by atoms with Gasteiger partial charge in [0, 0.05) is 25.1 Å². The molecule has 1 unspecified atom stereocenters. The molecule has 25 heavy (non-hydrogen) atoms. The molecular formula is C19H25N3O3. The van der Waals surface area contributed by atoms with Crippen LogP contribution in [0.4, 0.5) is 0 Å². The van der Waals surface area contributed by atoms with Gasteiger partial charge in [0.1, 0.15) is 5.75 Å². The van der Waals surface area contributed by atoms with Crippen LogP contribution in [-0.2, 0) is 6.42 Å². The molecule has 0 saturated carbocycles. The number of nitrogens with zero attached hydrogens (tertiary/aromatic N) is 3. The highest BCUT2D eigenvalue weighted by Crippen LogP contribution is 2.27. The lowest BCUT2D eigenvalue weighted by atomic mass is 9.97. The molecule has 1 aromatic heterocycles. The summed E-state index contributed by atoms with van der Waals surface area (Å²) in [5.41, 5.74) is 0.674. The van der Waals surface area contributed by atoms with Crippen LogP contribution >= 0.6 is 0 Å². The Morgan fingerprint density at radius 3 is 2.80 bits per heavy atom. The summed E-state index contributed by atoms with van der Waals surface area (Å²) < 4.78 is 10.6. The highest BCUT2D eigenvalue weighted by molar-refractivity contribution is 5.94. The van der Waals surface area contributed by atoms with Crippen LogP contribution in [0.25, 0.3) is 0 Å². The molecule has 0 N–H and O–H groups in total. The van der Waals surface area contributed by atoms with Crippen LogP contribution in [0.3, 0.4) is 0 Å². The van der Waals surface area contributed by atoms with E-state index in [4.69, 9.17) is 9.26 Å². The molecule has 6 heteroatoms. The number of methoxy groups -OCH3 is 1. The molecule has 1 aliphatic rings. The first-order chi connectivity index (χ1) is 12.1. The Morgan fingerprint density at radius 1 is 1.36 bits per heavy atom. The van der Waals surface area contributed by atoms with Gasteiger partial charge in [-0.05, 0) is 43.0 Å². The van der Waals surface area contributed by atoms with E-state index in [1.54, 1.807) is 19.2 Å². The maximum atomic E-state index is 12.7. The van der Waals surface area contributed by atoms with E-state index < -0.39 is 0 Å². The molecule has 0 radical (unpaired) electrons. The van der Waals surface area contributed by atoms with Crippen molar-refractivity contribution in [1.29, 1.82) is 0 Å². The van der Waals surface area contributed by atoms with Crippen molar-refractivity contribution in [3.8, 4) is 5.75 Å². The zero-order chi connectivity index (χ0) is 17.8. The summed E-state index contributed by atoms with van der Waals surface area (Å²) in [7, 11) is 1.62. The third-order valence-electron chi connectivity index (χ3n) is 4.47. The fourth-order valence-electron chi connectivity index (χ4n) is 3.16. The highest BCUT2D eigenvalue weighted by atomic mass is 16.5. The Morgan fingerprint density at radius 2 is 2.12 bits per heavy atom. The molecule has 6 nitrogen and oxygen atoms in total. The van der Waals surface area contributed by atoms with Crippen LogP contribution in [0.1, 0.15) is 54.7 Å². The Bertz CT molecular complexity index is 709. The van der Waals surface area contributed by atoms with Crippen molar-refractivity contribution in [2.24, 2.45) is 5.92 Å². The summed E-state index contributed by atoms with van der Waals surface area (Å²) in [5, 5.41) is 4.08.